The molecule has 0 spiro atoms. The second kappa shape index (κ2) is 5.63. The van der Waals surface area contributed by atoms with Crippen molar-refractivity contribution in [2.45, 2.75) is 44.0 Å². The van der Waals surface area contributed by atoms with Crippen LogP contribution in [0.4, 0.5) is 13.2 Å². The van der Waals surface area contributed by atoms with Gasteiger partial charge >= 0.3 is 6.18 Å². The van der Waals surface area contributed by atoms with E-state index >= 15 is 0 Å². The summed E-state index contributed by atoms with van der Waals surface area (Å²) in [6.07, 6.45) is -4.65. The highest BCUT2D eigenvalue weighted by atomic mass is 19.4. The minimum Gasteiger partial charge on any atom is -0.380 e. The van der Waals surface area contributed by atoms with Gasteiger partial charge in [0.1, 0.15) is 5.78 Å². The lowest BCUT2D eigenvalue weighted by Crippen LogP contribution is -2.30. The van der Waals surface area contributed by atoms with Crippen LogP contribution in [0.1, 0.15) is 25.7 Å². The lowest BCUT2D eigenvalue weighted by molar-refractivity contribution is -0.137. The second-order valence-electron chi connectivity index (χ2n) is 3.99. The van der Waals surface area contributed by atoms with Crippen LogP contribution in [0.5, 0.6) is 0 Å². The molecule has 1 aliphatic heterocycles. The molecule has 0 amide bonds. The summed E-state index contributed by atoms with van der Waals surface area (Å²) in [5, 5.41) is 2.95. The summed E-state index contributed by atoms with van der Waals surface area (Å²) < 4.78 is 40.6. The number of nitrogens with one attached hydrogen (secondary N) is 1. The molecule has 2 atom stereocenters. The van der Waals surface area contributed by atoms with Crippen LogP contribution in [0.15, 0.2) is 0 Å². The van der Waals surface area contributed by atoms with E-state index in [0.29, 0.717) is 13.0 Å². The number of ether oxygens (including phenoxy) is 1. The lowest BCUT2D eigenvalue weighted by Gasteiger charge is -2.10. The fraction of sp³-hybridized carbons (Fsp3) is 0.900. The van der Waals surface area contributed by atoms with Crippen molar-refractivity contribution >= 4 is 5.78 Å². The number of hydrogen-bond acceptors (Lipinski definition) is 3. The molecule has 0 saturated carbocycles. The van der Waals surface area contributed by atoms with Crippen molar-refractivity contribution in [3.8, 4) is 0 Å². The topological polar surface area (TPSA) is 38.3 Å². The van der Waals surface area contributed by atoms with Crippen LogP contribution in [-0.2, 0) is 9.53 Å². The number of rotatable bonds is 5. The van der Waals surface area contributed by atoms with Gasteiger partial charge in [0.2, 0.25) is 0 Å². The molecule has 6 heteroatoms. The summed E-state index contributed by atoms with van der Waals surface area (Å²) in [5.41, 5.74) is 0. The molecule has 1 fully saturated rings. The van der Waals surface area contributed by atoms with Crippen molar-refractivity contribution in [1.82, 2.24) is 5.32 Å². The Balaban J connectivity index is 2.21. The average molecular weight is 239 g/mol. The van der Waals surface area contributed by atoms with Crippen molar-refractivity contribution in [2.75, 3.05) is 13.7 Å². The molecule has 1 rings (SSSR count). The maximum absolute atomic E-state index is 11.9. The second-order valence-corrected chi connectivity index (χ2v) is 3.99. The van der Waals surface area contributed by atoms with E-state index in [-0.39, 0.29) is 30.8 Å². The van der Waals surface area contributed by atoms with E-state index in [4.69, 9.17) is 4.74 Å². The summed E-state index contributed by atoms with van der Waals surface area (Å²) in [4.78, 5) is 11.5. The molecule has 2 unspecified atom stereocenters. The Morgan fingerprint density at radius 1 is 1.50 bits per heavy atom. The Kier molecular flexibility index (Phi) is 4.73. The summed E-state index contributed by atoms with van der Waals surface area (Å²) in [5.74, 6) is -0.149. The van der Waals surface area contributed by atoms with Gasteiger partial charge in [-0.15, -0.1) is 0 Å². The van der Waals surface area contributed by atoms with Crippen LogP contribution in [-0.4, -0.2) is 37.8 Å². The van der Waals surface area contributed by atoms with Gasteiger partial charge in [-0.3, -0.25) is 4.79 Å². The number of ketones is 1. The maximum atomic E-state index is 11.9. The highest BCUT2D eigenvalue weighted by Gasteiger charge is 2.30. The Labute approximate surface area is 92.3 Å². The Morgan fingerprint density at radius 3 is 2.69 bits per heavy atom. The quantitative estimate of drug-likeness (QED) is 0.793. The third kappa shape index (κ3) is 4.49. The van der Waals surface area contributed by atoms with Crippen LogP contribution < -0.4 is 5.32 Å². The standard InChI is InChI=1S/C10H16F3NO2/c1-16-7-5-8(14-6-7)9(15)3-2-4-10(11,12)13/h7-8,14H,2-6H2,1H3. The van der Waals surface area contributed by atoms with E-state index < -0.39 is 12.6 Å². The number of halogens is 3. The summed E-state index contributed by atoms with van der Waals surface area (Å²) in [6.45, 7) is 0.589. The fourth-order valence-electron chi connectivity index (χ4n) is 1.77. The van der Waals surface area contributed by atoms with Gasteiger partial charge in [-0.05, 0) is 12.8 Å². The molecule has 3 nitrogen and oxygen atoms in total. The van der Waals surface area contributed by atoms with Crippen molar-refractivity contribution in [1.29, 1.82) is 0 Å². The molecule has 1 N–H and O–H groups in total. The van der Waals surface area contributed by atoms with Gasteiger partial charge in [0.25, 0.3) is 0 Å². The van der Waals surface area contributed by atoms with E-state index in [0.717, 1.165) is 0 Å². The molecule has 0 aromatic rings. The van der Waals surface area contributed by atoms with Gasteiger partial charge in [-0.2, -0.15) is 13.2 Å². The molecule has 0 aromatic carbocycles. The van der Waals surface area contributed by atoms with E-state index in [1.165, 1.54) is 0 Å². The Morgan fingerprint density at radius 2 is 2.19 bits per heavy atom. The number of methoxy groups -OCH3 is 1. The molecular formula is C10H16F3NO2. The number of hydrogen-bond donors (Lipinski definition) is 1. The van der Waals surface area contributed by atoms with Crippen molar-refractivity contribution in [2.24, 2.45) is 0 Å². The summed E-state index contributed by atoms with van der Waals surface area (Å²) >= 11 is 0. The molecule has 0 aliphatic carbocycles. The first kappa shape index (κ1) is 13.4. The molecule has 1 aliphatic rings. The van der Waals surface area contributed by atoms with Crippen LogP contribution in [0.3, 0.4) is 0 Å². The largest absolute Gasteiger partial charge is 0.389 e. The predicted molar refractivity (Wildman–Crippen MR) is 52.1 cm³/mol. The van der Waals surface area contributed by atoms with E-state index in [1.807, 2.05) is 0 Å². The normalized spacial score (nSPS) is 26.0. The SMILES string of the molecule is COC1CNC(C(=O)CCCC(F)(F)F)C1. The minimum absolute atomic E-state index is 0.00318. The van der Waals surface area contributed by atoms with Gasteiger partial charge in [0, 0.05) is 26.5 Å². The van der Waals surface area contributed by atoms with Crippen LogP contribution in [0.25, 0.3) is 0 Å². The van der Waals surface area contributed by atoms with Gasteiger partial charge in [-0.25, -0.2) is 0 Å². The monoisotopic (exact) mass is 239 g/mol. The molecule has 16 heavy (non-hydrogen) atoms. The molecule has 0 radical (unpaired) electrons. The number of carbonyl (C=O) groups is 1. The molecule has 94 valence electrons. The smallest absolute Gasteiger partial charge is 0.380 e. The maximum Gasteiger partial charge on any atom is 0.389 e. The van der Waals surface area contributed by atoms with Crippen molar-refractivity contribution in [3.05, 3.63) is 0 Å². The summed E-state index contributed by atoms with van der Waals surface area (Å²) in [6, 6.07) is -0.335. The third-order valence-electron chi connectivity index (χ3n) is 2.70. The first-order valence-corrected chi connectivity index (χ1v) is 5.28. The molecule has 1 saturated heterocycles. The number of alkyl halides is 3. The number of carbonyl (C=O) groups excluding carboxylic acids is 1. The van der Waals surface area contributed by atoms with Gasteiger partial charge in [0.15, 0.2) is 0 Å². The molecule has 0 aromatic heterocycles. The molecular weight excluding hydrogens is 223 g/mol. The van der Waals surface area contributed by atoms with Crippen molar-refractivity contribution < 1.29 is 22.7 Å². The predicted octanol–water partition coefficient (Wildman–Crippen LogP) is 1.66. The Hall–Kier alpha value is -0.620. The van der Waals surface area contributed by atoms with Gasteiger partial charge in [0.05, 0.1) is 12.1 Å². The van der Waals surface area contributed by atoms with Gasteiger partial charge < -0.3 is 10.1 Å². The highest BCUT2D eigenvalue weighted by molar-refractivity contribution is 5.84. The zero-order valence-electron chi connectivity index (χ0n) is 9.14. The summed E-state index contributed by atoms with van der Waals surface area (Å²) in [7, 11) is 1.56. The average Bonchev–Trinajstić information content (AvgIpc) is 2.63. The first-order chi connectivity index (χ1) is 7.42. The lowest BCUT2D eigenvalue weighted by atomic mass is 10.0. The minimum atomic E-state index is -4.17. The number of Topliss-reactive ketones (excluding diaryl/α,β-unsaturated/α-hetero) is 1. The van der Waals surface area contributed by atoms with E-state index in [9.17, 15) is 18.0 Å². The van der Waals surface area contributed by atoms with Crippen LogP contribution in [0, 0.1) is 0 Å². The van der Waals surface area contributed by atoms with Crippen LogP contribution in [0.2, 0.25) is 0 Å². The third-order valence-corrected chi connectivity index (χ3v) is 2.70. The fourth-order valence-corrected chi connectivity index (χ4v) is 1.77. The molecule has 1 heterocycles. The van der Waals surface area contributed by atoms with Crippen molar-refractivity contribution in [3.63, 3.8) is 0 Å². The van der Waals surface area contributed by atoms with Gasteiger partial charge in [-0.1, -0.05) is 0 Å². The zero-order chi connectivity index (χ0) is 12.2. The Bertz CT molecular complexity index is 243. The molecule has 0 bridgehead atoms. The van der Waals surface area contributed by atoms with E-state index in [2.05, 4.69) is 5.32 Å². The highest BCUT2D eigenvalue weighted by Crippen LogP contribution is 2.23. The van der Waals surface area contributed by atoms with E-state index in [1.54, 1.807) is 7.11 Å². The first-order valence-electron chi connectivity index (χ1n) is 5.28. The zero-order valence-corrected chi connectivity index (χ0v) is 9.14. The van der Waals surface area contributed by atoms with Crippen LogP contribution >= 0.6 is 0 Å².